The topological polar surface area (TPSA) is 96.2 Å². The van der Waals surface area contributed by atoms with E-state index in [1.54, 1.807) is 0 Å². The Hall–Kier alpha value is -1.73. The summed E-state index contributed by atoms with van der Waals surface area (Å²) >= 11 is 0. The third-order valence-corrected chi connectivity index (χ3v) is 2.70. The molecule has 1 amide bonds. The highest BCUT2D eigenvalue weighted by atomic mass is 16.2. The standard InChI is InChI=1S/C12H22N6O/c1-8(2)10(7-18(3)4)16-12(19)9-5-14-6-11(15-9)17-13/h5-6,8,10H,7,13H2,1-4H3,(H,15,17)(H,16,19). The molecule has 4 N–H and O–H groups in total. The molecule has 0 saturated carbocycles. The van der Waals surface area contributed by atoms with Gasteiger partial charge in [-0.2, -0.15) is 0 Å². The van der Waals surface area contributed by atoms with Gasteiger partial charge < -0.3 is 15.6 Å². The second-order valence-corrected chi connectivity index (χ2v) is 5.02. The molecular weight excluding hydrogens is 244 g/mol. The van der Waals surface area contributed by atoms with Gasteiger partial charge in [0.2, 0.25) is 0 Å². The molecule has 1 rings (SSSR count). The van der Waals surface area contributed by atoms with Crippen LogP contribution in [0.5, 0.6) is 0 Å². The fourth-order valence-electron chi connectivity index (χ4n) is 1.60. The van der Waals surface area contributed by atoms with Gasteiger partial charge in [0.1, 0.15) is 5.69 Å². The summed E-state index contributed by atoms with van der Waals surface area (Å²) < 4.78 is 0. The van der Waals surface area contributed by atoms with Crippen LogP contribution in [-0.2, 0) is 0 Å². The monoisotopic (exact) mass is 266 g/mol. The molecule has 0 bridgehead atoms. The predicted molar refractivity (Wildman–Crippen MR) is 74.5 cm³/mol. The molecule has 0 aliphatic rings. The van der Waals surface area contributed by atoms with Crippen LogP contribution in [0.4, 0.5) is 5.82 Å². The van der Waals surface area contributed by atoms with Gasteiger partial charge in [-0.3, -0.25) is 9.78 Å². The van der Waals surface area contributed by atoms with E-state index in [4.69, 9.17) is 5.84 Å². The van der Waals surface area contributed by atoms with Gasteiger partial charge in [0, 0.05) is 12.6 Å². The summed E-state index contributed by atoms with van der Waals surface area (Å²) in [5.74, 6) is 5.69. The number of aromatic nitrogens is 2. The summed E-state index contributed by atoms with van der Waals surface area (Å²) in [6.07, 6.45) is 2.87. The fraction of sp³-hybridized carbons (Fsp3) is 0.583. The summed E-state index contributed by atoms with van der Waals surface area (Å²) in [4.78, 5) is 22.1. The number of likely N-dealkylation sites (N-methyl/N-ethyl adjacent to an activating group) is 1. The van der Waals surface area contributed by atoms with Crippen molar-refractivity contribution in [2.75, 3.05) is 26.1 Å². The lowest BCUT2D eigenvalue weighted by Crippen LogP contribution is -2.45. The maximum absolute atomic E-state index is 12.1. The van der Waals surface area contributed by atoms with Crippen molar-refractivity contribution in [1.82, 2.24) is 20.2 Å². The molecule has 0 aliphatic carbocycles. The van der Waals surface area contributed by atoms with E-state index >= 15 is 0 Å². The summed E-state index contributed by atoms with van der Waals surface area (Å²) in [6, 6.07) is 0.0544. The lowest BCUT2D eigenvalue weighted by atomic mass is 10.0. The molecular formula is C12H22N6O. The van der Waals surface area contributed by atoms with E-state index in [0.29, 0.717) is 11.7 Å². The first-order valence-electron chi connectivity index (χ1n) is 6.18. The number of nitrogens with zero attached hydrogens (tertiary/aromatic N) is 3. The summed E-state index contributed by atoms with van der Waals surface area (Å²) in [6.45, 7) is 4.90. The molecule has 0 spiro atoms. The predicted octanol–water partition coefficient (Wildman–Crippen LogP) is 0.0782. The Morgan fingerprint density at radius 1 is 1.42 bits per heavy atom. The van der Waals surface area contributed by atoms with Crippen LogP contribution in [0.1, 0.15) is 24.3 Å². The van der Waals surface area contributed by atoms with Crippen LogP contribution in [-0.4, -0.2) is 47.5 Å². The highest BCUT2D eigenvalue weighted by Gasteiger charge is 2.19. The molecule has 1 aromatic heterocycles. The average molecular weight is 266 g/mol. The number of nitrogens with one attached hydrogen (secondary N) is 2. The van der Waals surface area contributed by atoms with Gasteiger partial charge in [0.25, 0.3) is 5.91 Å². The van der Waals surface area contributed by atoms with E-state index in [1.165, 1.54) is 12.4 Å². The van der Waals surface area contributed by atoms with Gasteiger partial charge in [0.15, 0.2) is 5.82 Å². The molecule has 106 valence electrons. The van der Waals surface area contributed by atoms with Gasteiger partial charge in [-0.05, 0) is 20.0 Å². The Morgan fingerprint density at radius 2 is 2.11 bits per heavy atom. The number of hydrazine groups is 1. The molecule has 0 aromatic carbocycles. The van der Waals surface area contributed by atoms with Gasteiger partial charge in [-0.1, -0.05) is 13.8 Å². The minimum atomic E-state index is -0.245. The summed E-state index contributed by atoms with van der Waals surface area (Å²) in [5.41, 5.74) is 2.62. The number of amides is 1. The van der Waals surface area contributed by atoms with Gasteiger partial charge in [-0.25, -0.2) is 10.8 Å². The number of carbonyl (C=O) groups excluding carboxylic acids is 1. The SMILES string of the molecule is CC(C)C(CN(C)C)NC(=O)c1cncc(NN)n1. The molecule has 0 saturated heterocycles. The van der Waals surface area contributed by atoms with E-state index < -0.39 is 0 Å². The average Bonchev–Trinajstić information content (AvgIpc) is 2.37. The van der Waals surface area contributed by atoms with E-state index in [2.05, 4.69) is 34.6 Å². The van der Waals surface area contributed by atoms with Crippen LogP contribution in [0, 0.1) is 5.92 Å². The number of nitrogen functional groups attached to an aromatic ring is 1. The summed E-state index contributed by atoms with van der Waals surface area (Å²) in [7, 11) is 3.95. The molecule has 1 unspecified atom stereocenters. The smallest absolute Gasteiger partial charge is 0.271 e. The van der Waals surface area contributed by atoms with Crippen LogP contribution in [0.15, 0.2) is 12.4 Å². The Balaban J connectivity index is 2.75. The molecule has 1 aromatic rings. The second-order valence-electron chi connectivity index (χ2n) is 5.02. The maximum Gasteiger partial charge on any atom is 0.271 e. The lowest BCUT2D eigenvalue weighted by Gasteiger charge is -2.25. The number of anilines is 1. The number of hydrogen-bond donors (Lipinski definition) is 3. The normalized spacial score (nSPS) is 12.6. The third kappa shape index (κ3) is 4.80. The minimum Gasteiger partial charge on any atom is -0.346 e. The number of hydrogen-bond acceptors (Lipinski definition) is 6. The van der Waals surface area contributed by atoms with Crippen LogP contribution < -0.4 is 16.6 Å². The molecule has 0 radical (unpaired) electrons. The zero-order valence-electron chi connectivity index (χ0n) is 11.8. The van der Waals surface area contributed by atoms with Crippen LogP contribution >= 0.6 is 0 Å². The first kappa shape index (κ1) is 15.3. The van der Waals surface area contributed by atoms with Gasteiger partial charge >= 0.3 is 0 Å². The zero-order valence-corrected chi connectivity index (χ0v) is 11.8. The highest BCUT2D eigenvalue weighted by Crippen LogP contribution is 2.05. The molecule has 0 fully saturated rings. The third-order valence-electron chi connectivity index (χ3n) is 2.70. The maximum atomic E-state index is 12.1. The Bertz CT molecular complexity index is 420. The molecule has 1 heterocycles. The van der Waals surface area contributed by atoms with Crippen LogP contribution in [0.3, 0.4) is 0 Å². The lowest BCUT2D eigenvalue weighted by molar-refractivity contribution is 0.0911. The van der Waals surface area contributed by atoms with Crippen molar-refractivity contribution in [3.63, 3.8) is 0 Å². The molecule has 7 heteroatoms. The van der Waals surface area contributed by atoms with Crippen LogP contribution in [0.2, 0.25) is 0 Å². The van der Waals surface area contributed by atoms with E-state index in [9.17, 15) is 4.79 Å². The van der Waals surface area contributed by atoms with E-state index in [0.717, 1.165) is 6.54 Å². The minimum absolute atomic E-state index is 0.0544. The van der Waals surface area contributed by atoms with Crippen molar-refractivity contribution in [2.24, 2.45) is 11.8 Å². The Morgan fingerprint density at radius 3 is 2.63 bits per heavy atom. The van der Waals surface area contributed by atoms with Crippen molar-refractivity contribution in [3.8, 4) is 0 Å². The Labute approximate surface area is 113 Å². The number of carbonyl (C=O) groups is 1. The number of nitrogens with two attached hydrogens (primary N) is 1. The number of rotatable bonds is 6. The van der Waals surface area contributed by atoms with E-state index in [-0.39, 0.29) is 17.6 Å². The molecule has 19 heavy (non-hydrogen) atoms. The van der Waals surface area contributed by atoms with Crippen molar-refractivity contribution in [3.05, 3.63) is 18.1 Å². The van der Waals surface area contributed by atoms with Crippen molar-refractivity contribution in [1.29, 1.82) is 0 Å². The zero-order chi connectivity index (χ0) is 14.4. The first-order valence-corrected chi connectivity index (χ1v) is 6.18. The van der Waals surface area contributed by atoms with Crippen molar-refractivity contribution in [2.45, 2.75) is 19.9 Å². The molecule has 7 nitrogen and oxygen atoms in total. The van der Waals surface area contributed by atoms with Gasteiger partial charge in [-0.15, -0.1) is 0 Å². The fourth-order valence-corrected chi connectivity index (χ4v) is 1.60. The molecule has 1 atom stereocenters. The second kappa shape index (κ2) is 7.01. The van der Waals surface area contributed by atoms with E-state index in [1.807, 2.05) is 19.0 Å². The summed E-state index contributed by atoms with van der Waals surface area (Å²) in [5, 5.41) is 2.96. The highest BCUT2D eigenvalue weighted by molar-refractivity contribution is 5.92. The molecule has 0 aliphatic heterocycles. The van der Waals surface area contributed by atoms with Crippen molar-refractivity contribution >= 4 is 11.7 Å². The van der Waals surface area contributed by atoms with Crippen LogP contribution in [0.25, 0.3) is 0 Å². The van der Waals surface area contributed by atoms with Crippen molar-refractivity contribution < 1.29 is 4.79 Å². The quantitative estimate of drug-likeness (QED) is 0.498. The largest absolute Gasteiger partial charge is 0.346 e. The first-order chi connectivity index (χ1) is 8.93. The van der Waals surface area contributed by atoms with Gasteiger partial charge in [0.05, 0.1) is 12.4 Å². The Kier molecular flexibility index (Phi) is 5.65.